The van der Waals surface area contributed by atoms with Gasteiger partial charge in [0.15, 0.2) is 15.7 Å². The van der Waals surface area contributed by atoms with E-state index in [2.05, 4.69) is 14.9 Å². The zero-order chi connectivity index (χ0) is 17.2. The molecule has 0 aliphatic carbocycles. The minimum absolute atomic E-state index is 0.116. The second-order valence-corrected chi connectivity index (χ2v) is 7.97. The van der Waals surface area contributed by atoms with Gasteiger partial charge in [-0.15, -0.1) is 0 Å². The van der Waals surface area contributed by atoms with Gasteiger partial charge in [-0.2, -0.15) is 0 Å². The first-order valence-electron chi connectivity index (χ1n) is 7.65. The van der Waals surface area contributed by atoms with Crippen LogP contribution in [0.4, 0.5) is 11.5 Å². The zero-order valence-corrected chi connectivity index (χ0v) is 14.3. The molecule has 1 aliphatic rings. The van der Waals surface area contributed by atoms with Crippen molar-refractivity contribution in [1.82, 2.24) is 9.97 Å². The molecule has 1 saturated heterocycles. The van der Waals surface area contributed by atoms with Crippen LogP contribution in [-0.4, -0.2) is 50.9 Å². The van der Waals surface area contributed by atoms with Crippen molar-refractivity contribution >= 4 is 21.3 Å². The molecule has 0 spiro atoms. The van der Waals surface area contributed by atoms with E-state index in [9.17, 15) is 8.42 Å². The lowest BCUT2D eigenvalue weighted by Gasteiger charge is -2.28. The van der Waals surface area contributed by atoms with Gasteiger partial charge in [0.25, 0.3) is 0 Å². The highest BCUT2D eigenvalue weighted by molar-refractivity contribution is 7.89. The monoisotopic (exact) mass is 348 g/mol. The van der Waals surface area contributed by atoms with E-state index in [0.29, 0.717) is 30.4 Å². The third-order valence-corrected chi connectivity index (χ3v) is 4.50. The molecule has 0 unspecified atom stereocenters. The summed E-state index contributed by atoms with van der Waals surface area (Å²) >= 11 is 0. The van der Waals surface area contributed by atoms with Gasteiger partial charge in [0, 0.05) is 36.7 Å². The number of aromatic nitrogens is 2. The van der Waals surface area contributed by atoms with Crippen LogP contribution in [0.25, 0.3) is 11.4 Å². The number of anilines is 2. The molecular weight excluding hydrogens is 328 g/mol. The average molecular weight is 348 g/mol. The lowest BCUT2D eigenvalue weighted by molar-refractivity contribution is 0.122. The van der Waals surface area contributed by atoms with Crippen LogP contribution in [0.2, 0.25) is 0 Å². The number of nitrogens with two attached hydrogens (primary N) is 1. The first-order valence-corrected chi connectivity index (χ1v) is 9.71. The number of sulfone groups is 1. The van der Waals surface area contributed by atoms with Gasteiger partial charge in [-0.05, 0) is 24.3 Å². The third-order valence-electron chi connectivity index (χ3n) is 3.68. The first-order chi connectivity index (χ1) is 11.4. The molecular formula is C16H20N4O3S. The predicted molar refractivity (Wildman–Crippen MR) is 93.5 cm³/mol. The van der Waals surface area contributed by atoms with Crippen molar-refractivity contribution in [1.29, 1.82) is 0 Å². The summed E-state index contributed by atoms with van der Waals surface area (Å²) in [5.74, 6) is 1.10. The topological polar surface area (TPSA) is 98.4 Å². The number of hydrogen-bond donors (Lipinski definition) is 1. The number of morpholine rings is 1. The summed E-state index contributed by atoms with van der Waals surface area (Å²) in [4.78, 5) is 11.1. The Hall–Kier alpha value is -2.19. The van der Waals surface area contributed by atoms with Crippen LogP contribution in [0.5, 0.6) is 0 Å². The van der Waals surface area contributed by atoms with Crippen LogP contribution in [0.15, 0.2) is 30.3 Å². The Bertz CT molecular complexity index is 816. The van der Waals surface area contributed by atoms with Gasteiger partial charge in [-0.1, -0.05) is 0 Å². The van der Waals surface area contributed by atoms with Crippen molar-refractivity contribution in [2.24, 2.45) is 0 Å². The summed E-state index contributed by atoms with van der Waals surface area (Å²) in [5.41, 5.74) is 7.66. The standard InChI is InChI=1S/C16H20N4O3S/c1-24(21,22)11-14-10-15(20-6-8-23-9-7-20)19-16(18-14)12-2-4-13(17)5-3-12/h2-5,10H,6-9,11,17H2,1H3. The maximum Gasteiger partial charge on any atom is 0.161 e. The molecule has 2 N–H and O–H groups in total. The maximum absolute atomic E-state index is 11.7. The lowest BCUT2D eigenvalue weighted by Crippen LogP contribution is -2.37. The van der Waals surface area contributed by atoms with Crippen LogP contribution >= 0.6 is 0 Å². The van der Waals surface area contributed by atoms with Crippen LogP contribution in [-0.2, 0) is 20.3 Å². The molecule has 0 atom stereocenters. The summed E-state index contributed by atoms with van der Waals surface area (Å²) in [5, 5.41) is 0. The summed E-state index contributed by atoms with van der Waals surface area (Å²) in [6, 6.07) is 8.95. The highest BCUT2D eigenvalue weighted by atomic mass is 32.2. The summed E-state index contributed by atoms with van der Waals surface area (Å²) in [6.07, 6.45) is 1.20. The smallest absolute Gasteiger partial charge is 0.161 e. The molecule has 8 heteroatoms. The molecule has 1 aromatic heterocycles. The molecule has 1 aliphatic heterocycles. The quantitative estimate of drug-likeness (QED) is 0.826. The van der Waals surface area contributed by atoms with E-state index in [-0.39, 0.29) is 5.75 Å². The second-order valence-electron chi connectivity index (χ2n) is 5.83. The van der Waals surface area contributed by atoms with E-state index in [0.717, 1.165) is 24.5 Å². The van der Waals surface area contributed by atoms with Crippen molar-refractivity contribution in [3.63, 3.8) is 0 Å². The largest absolute Gasteiger partial charge is 0.399 e. The van der Waals surface area contributed by atoms with E-state index in [1.165, 1.54) is 6.26 Å². The Labute approximate surface area is 141 Å². The molecule has 7 nitrogen and oxygen atoms in total. The summed E-state index contributed by atoms with van der Waals surface area (Å²) in [7, 11) is -3.18. The molecule has 0 amide bonds. The summed E-state index contributed by atoms with van der Waals surface area (Å²) in [6.45, 7) is 2.69. The Morgan fingerprint density at radius 1 is 1.17 bits per heavy atom. The minimum atomic E-state index is -3.18. The highest BCUT2D eigenvalue weighted by Gasteiger charge is 2.17. The van der Waals surface area contributed by atoms with Crippen molar-refractivity contribution in [3.8, 4) is 11.4 Å². The molecule has 24 heavy (non-hydrogen) atoms. The van der Waals surface area contributed by atoms with Crippen LogP contribution in [0.1, 0.15) is 5.69 Å². The predicted octanol–water partition coefficient (Wildman–Crippen LogP) is 1.11. The van der Waals surface area contributed by atoms with Gasteiger partial charge in [-0.3, -0.25) is 0 Å². The average Bonchev–Trinajstić information content (AvgIpc) is 2.54. The van der Waals surface area contributed by atoms with Gasteiger partial charge in [0.05, 0.1) is 24.7 Å². The molecule has 128 valence electrons. The van der Waals surface area contributed by atoms with Crippen LogP contribution in [0, 0.1) is 0 Å². The Morgan fingerprint density at radius 3 is 2.46 bits per heavy atom. The van der Waals surface area contributed by atoms with E-state index in [1.807, 2.05) is 12.1 Å². The molecule has 2 aromatic rings. The lowest BCUT2D eigenvalue weighted by atomic mass is 10.2. The Balaban J connectivity index is 2.03. The van der Waals surface area contributed by atoms with E-state index >= 15 is 0 Å². The first kappa shape index (κ1) is 16.7. The third kappa shape index (κ3) is 4.21. The van der Waals surface area contributed by atoms with Crippen molar-refractivity contribution in [2.45, 2.75) is 5.75 Å². The van der Waals surface area contributed by atoms with Crippen molar-refractivity contribution in [3.05, 3.63) is 36.0 Å². The summed E-state index contributed by atoms with van der Waals surface area (Å²) < 4.78 is 28.7. The number of hydrogen-bond acceptors (Lipinski definition) is 7. The SMILES string of the molecule is CS(=O)(=O)Cc1cc(N2CCOCC2)nc(-c2ccc(N)cc2)n1. The van der Waals surface area contributed by atoms with Gasteiger partial charge < -0.3 is 15.4 Å². The van der Waals surface area contributed by atoms with E-state index in [1.54, 1.807) is 18.2 Å². The minimum Gasteiger partial charge on any atom is -0.399 e. The zero-order valence-electron chi connectivity index (χ0n) is 13.5. The number of ether oxygens (including phenoxy) is 1. The van der Waals surface area contributed by atoms with E-state index in [4.69, 9.17) is 10.5 Å². The number of rotatable bonds is 4. The Kier molecular flexibility index (Phi) is 4.68. The number of nitrogens with zero attached hydrogens (tertiary/aromatic N) is 3. The fourth-order valence-electron chi connectivity index (χ4n) is 2.54. The van der Waals surface area contributed by atoms with Crippen molar-refractivity contribution < 1.29 is 13.2 Å². The van der Waals surface area contributed by atoms with Gasteiger partial charge >= 0.3 is 0 Å². The maximum atomic E-state index is 11.7. The molecule has 3 rings (SSSR count). The number of benzene rings is 1. The Morgan fingerprint density at radius 2 is 1.83 bits per heavy atom. The fourth-order valence-corrected chi connectivity index (χ4v) is 3.23. The molecule has 0 saturated carbocycles. The van der Waals surface area contributed by atoms with Gasteiger partial charge in [0.2, 0.25) is 0 Å². The second kappa shape index (κ2) is 6.74. The molecule has 0 radical (unpaired) electrons. The van der Waals surface area contributed by atoms with Crippen molar-refractivity contribution in [2.75, 3.05) is 43.2 Å². The molecule has 1 aromatic carbocycles. The van der Waals surface area contributed by atoms with Crippen LogP contribution < -0.4 is 10.6 Å². The van der Waals surface area contributed by atoms with Gasteiger partial charge in [-0.25, -0.2) is 18.4 Å². The molecule has 1 fully saturated rings. The highest BCUT2D eigenvalue weighted by Crippen LogP contribution is 2.22. The van der Waals surface area contributed by atoms with Crippen LogP contribution in [0.3, 0.4) is 0 Å². The fraction of sp³-hybridized carbons (Fsp3) is 0.375. The number of nitrogen functional groups attached to an aromatic ring is 1. The van der Waals surface area contributed by atoms with E-state index < -0.39 is 9.84 Å². The molecule has 0 bridgehead atoms. The van der Waals surface area contributed by atoms with Gasteiger partial charge in [0.1, 0.15) is 5.82 Å². The normalized spacial score (nSPS) is 15.5. The molecule has 2 heterocycles.